The summed E-state index contributed by atoms with van der Waals surface area (Å²) in [6.45, 7) is 7.93. The minimum absolute atomic E-state index is 0.175. The molecule has 0 bridgehead atoms. The number of halogens is 1. The zero-order valence-corrected chi connectivity index (χ0v) is 14.7. The van der Waals surface area contributed by atoms with Crippen LogP contribution in [0.4, 0.5) is 4.79 Å². The van der Waals surface area contributed by atoms with Gasteiger partial charge in [0.15, 0.2) is 6.04 Å². The fourth-order valence-electron chi connectivity index (χ4n) is 2.19. The van der Waals surface area contributed by atoms with Gasteiger partial charge in [0.2, 0.25) is 0 Å². The lowest BCUT2D eigenvalue weighted by molar-refractivity contribution is -0.148. The lowest BCUT2D eigenvalue weighted by Gasteiger charge is -2.34. The number of rotatable bonds is 2. The average molecular weight is 374 g/mol. The Morgan fingerprint density at radius 3 is 2.73 bits per heavy atom. The molecular formula is C14H20BrN3O4. The molecule has 0 aromatic carbocycles. The van der Waals surface area contributed by atoms with Crippen LogP contribution in [0.5, 0.6) is 0 Å². The molecule has 0 spiro atoms. The third-order valence-electron chi connectivity index (χ3n) is 3.09. The maximum Gasteiger partial charge on any atom is 0.410 e. The number of fused-ring (bicyclic) bond motifs is 1. The van der Waals surface area contributed by atoms with Crippen molar-refractivity contribution in [3.8, 4) is 0 Å². The quantitative estimate of drug-likeness (QED) is 0.744. The fraction of sp³-hybridized carbons (Fsp3) is 0.643. The van der Waals surface area contributed by atoms with Crippen LogP contribution < -0.4 is 0 Å². The van der Waals surface area contributed by atoms with E-state index in [1.807, 2.05) is 0 Å². The summed E-state index contributed by atoms with van der Waals surface area (Å²) in [5, 5.41) is 4.20. The largest absolute Gasteiger partial charge is 0.464 e. The van der Waals surface area contributed by atoms with Crippen molar-refractivity contribution in [2.45, 2.75) is 45.9 Å². The lowest BCUT2D eigenvalue weighted by atomic mass is 10.2. The summed E-state index contributed by atoms with van der Waals surface area (Å²) in [6, 6.07) is -0.664. The molecule has 0 fully saturated rings. The average Bonchev–Trinajstić information content (AvgIpc) is 2.78. The molecule has 1 aromatic heterocycles. The van der Waals surface area contributed by atoms with Gasteiger partial charge in [-0.05, 0) is 43.6 Å². The maximum atomic E-state index is 12.3. The van der Waals surface area contributed by atoms with E-state index in [1.165, 1.54) is 4.90 Å². The van der Waals surface area contributed by atoms with E-state index in [0.29, 0.717) is 6.54 Å². The number of hydrogen-bond donors (Lipinski definition) is 0. The topological polar surface area (TPSA) is 73.7 Å². The molecule has 0 N–H and O–H groups in total. The van der Waals surface area contributed by atoms with Gasteiger partial charge in [0.25, 0.3) is 0 Å². The SMILES string of the molecule is CCOC(=O)C1CN(C(=O)OC(C)(C)C)Cc2c(Br)cnn21. The van der Waals surface area contributed by atoms with E-state index in [1.54, 1.807) is 38.6 Å². The van der Waals surface area contributed by atoms with E-state index in [4.69, 9.17) is 9.47 Å². The first-order chi connectivity index (χ1) is 10.2. The monoisotopic (exact) mass is 373 g/mol. The number of carbonyl (C=O) groups excluding carboxylic acids is 2. The Hall–Kier alpha value is -1.57. The molecule has 0 radical (unpaired) electrons. The molecule has 8 heteroatoms. The predicted molar refractivity (Wildman–Crippen MR) is 82.2 cm³/mol. The first-order valence-electron chi connectivity index (χ1n) is 7.09. The Labute approximate surface area is 137 Å². The summed E-state index contributed by atoms with van der Waals surface area (Å²) in [7, 11) is 0. The first-order valence-corrected chi connectivity index (χ1v) is 7.88. The Morgan fingerprint density at radius 1 is 1.45 bits per heavy atom. The molecule has 1 aromatic rings. The van der Waals surface area contributed by atoms with E-state index in [9.17, 15) is 9.59 Å². The van der Waals surface area contributed by atoms with Crippen molar-refractivity contribution in [3.63, 3.8) is 0 Å². The number of ether oxygens (including phenoxy) is 2. The third-order valence-corrected chi connectivity index (χ3v) is 3.75. The molecule has 122 valence electrons. The molecule has 1 atom stereocenters. The highest BCUT2D eigenvalue weighted by Crippen LogP contribution is 2.28. The number of amides is 1. The number of hydrogen-bond acceptors (Lipinski definition) is 5. The Kier molecular flexibility index (Phi) is 4.79. The zero-order chi connectivity index (χ0) is 16.5. The zero-order valence-electron chi connectivity index (χ0n) is 13.1. The van der Waals surface area contributed by atoms with Crippen LogP contribution in [0.25, 0.3) is 0 Å². The molecule has 22 heavy (non-hydrogen) atoms. The molecular weight excluding hydrogens is 354 g/mol. The summed E-state index contributed by atoms with van der Waals surface area (Å²) in [5.74, 6) is -0.410. The summed E-state index contributed by atoms with van der Waals surface area (Å²) in [5.41, 5.74) is 0.154. The highest BCUT2D eigenvalue weighted by atomic mass is 79.9. The minimum Gasteiger partial charge on any atom is -0.464 e. The van der Waals surface area contributed by atoms with Gasteiger partial charge >= 0.3 is 12.1 Å². The van der Waals surface area contributed by atoms with E-state index in [0.717, 1.165) is 10.2 Å². The maximum absolute atomic E-state index is 12.3. The Bertz CT molecular complexity index is 579. The Balaban J connectivity index is 2.25. The van der Waals surface area contributed by atoms with E-state index < -0.39 is 23.7 Å². The second-order valence-corrected chi connectivity index (χ2v) is 6.87. The van der Waals surface area contributed by atoms with Crippen LogP contribution in [-0.2, 0) is 20.8 Å². The van der Waals surface area contributed by atoms with Crippen LogP contribution >= 0.6 is 15.9 Å². The van der Waals surface area contributed by atoms with Crippen molar-refractivity contribution in [3.05, 3.63) is 16.4 Å². The standard InChI is InChI=1S/C14H20BrN3O4/c1-5-21-12(19)11-8-17(13(20)22-14(2,3)4)7-10-9(15)6-16-18(10)11/h6,11H,5,7-8H2,1-4H3. The van der Waals surface area contributed by atoms with Gasteiger partial charge in [0, 0.05) is 0 Å². The number of nitrogens with zero attached hydrogens (tertiary/aromatic N) is 3. The molecule has 7 nitrogen and oxygen atoms in total. The van der Waals surface area contributed by atoms with E-state index in [2.05, 4.69) is 21.0 Å². The molecule has 1 amide bonds. The minimum atomic E-state index is -0.664. The normalized spacial score (nSPS) is 17.9. The highest BCUT2D eigenvalue weighted by Gasteiger charge is 2.36. The van der Waals surface area contributed by atoms with Gasteiger partial charge in [0.1, 0.15) is 5.60 Å². The number of aromatic nitrogens is 2. The van der Waals surface area contributed by atoms with Gasteiger partial charge in [-0.15, -0.1) is 0 Å². The smallest absolute Gasteiger partial charge is 0.410 e. The molecule has 0 aliphatic carbocycles. The molecule has 1 unspecified atom stereocenters. The molecule has 0 saturated carbocycles. The van der Waals surface area contributed by atoms with Crippen LogP contribution in [0.15, 0.2) is 10.7 Å². The van der Waals surface area contributed by atoms with Gasteiger partial charge in [-0.2, -0.15) is 5.10 Å². The molecule has 2 heterocycles. The van der Waals surface area contributed by atoms with Gasteiger partial charge in [-0.1, -0.05) is 0 Å². The van der Waals surface area contributed by atoms with Crippen LogP contribution in [0.1, 0.15) is 39.4 Å². The Morgan fingerprint density at radius 2 is 2.14 bits per heavy atom. The third kappa shape index (κ3) is 3.60. The van der Waals surface area contributed by atoms with Gasteiger partial charge < -0.3 is 9.47 Å². The van der Waals surface area contributed by atoms with Gasteiger partial charge in [0.05, 0.1) is 36.1 Å². The highest BCUT2D eigenvalue weighted by molar-refractivity contribution is 9.10. The van der Waals surface area contributed by atoms with Crippen LogP contribution in [-0.4, -0.2) is 45.5 Å². The summed E-state index contributed by atoms with van der Waals surface area (Å²) in [6.07, 6.45) is 1.15. The second-order valence-electron chi connectivity index (χ2n) is 6.01. The number of esters is 1. The fourth-order valence-corrected chi connectivity index (χ4v) is 2.59. The number of carbonyl (C=O) groups is 2. The van der Waals surface area contributed by atoms with Crippen molar-refractivity contribution in [1.29, 1.82) is 0 Å². The van der Waals surface area contributed by atoms with Crippen molar-refractivity contribution in [1.82, 2.24) is 14.7 Å². The van der Waals surface area contributed by atoms with Gasteiger partial charge in [-0.25, -0.2) is 9.59 Å². The van der Waals surface area contributed by atoms with Crippen LogP contribution in [0, 0.1) is 0 Å². The molecule has 0 saturated heterocycles. The summed E-state index contributed by atoms with van der Waals surface area (Å²) >= 11 is 3.39. The lowest BCUT2D eigenvalue weighted by Crippen LogP contribution is -2.46. The van der Waals surface area contributed by atoms with Crippen molar-refractivity contribution in [2.24, 2.45) is 0 Å². The van der Waals surface area contributed by atoms with Crippen molar-refractivity contribution >= 4 is 28.0 Å². The summed E-state index contributed by atoms with van der Waals surface area (Å²) < 4.78 is 12.8. The molecule has 2 rings (SSSR count). The van der Waals surface area contributed by atoms with E-state index >= 15 is 0 Å². The van der Waals surface area contributed by atoms with Gasteiger partial charge in [-0.3, -0.25) is 9.58 Å². The molecule has 1 aliphatic rings. The first kappa shape index (κ1) is 16.8. The van der Waals surface area contributed by atoms with Crippen LogP contribution in [0.2, 0.25) is 0 Å². The summed E-state index contributed by atoms with van der Waals surface area (Å²) in [4.78, 5) is 25.9. The predicted octanol–water partition coefficient (Wildman–Crippen LogP) is 2.50. The van der Waals surface area contributed by atoms with E-state index in [-0.39, 0.29) is 13.2 Å². The molecule has 1 aliphatic heterocycles. The second kappa shape index (κ2) is 6.28. The van der Waals surface area contributed by atoms with Crippen molar-refractivity contribution in [2.75, 3.05) is 13.2 Å². The van der Waals surface area contributed by atoms with Crippen molar-refractivity contribution < 1.29 is 19.1 Å². The van der Waals surface area contributed by atoms with Crippen LogP contribution in [0.3, 0.4) is 0 Å².